The Labute approximate surface area is 137 Å². The number of pyridine rings is 1. The summed E-state index contributed by atoms with van der Waals surface area (Å²) in [4.78, 5) is 16.4. The number of hydrogen-bond acceptors (Lipinski definition) is 3. The van der Waals surface area contributed by atoms with E-state index in [4.69, 9.17) is 4.74 Å². The number of aromatic nitrogens is 1. The van der Waals surface area contributed by atoms with Crippen molar-refractivity contribution in [2.75, 3.05) is 5.32 Å². The first-order valence-electron chi connectivity index (χ1n) is 7.54. The summed E-state index contributed by atoms with van der Waals surface area (Å²) in [5.74, 6) is 0. The fourth-order valence-electron chi connectivity index (χ4n) is 2.17. The van der Waals surface area contributed by atoms with Gasteiger partial charge >= 0.3 is 6.09 Å². The minimum Gasteiger partial charge on any atom is -0.444 e. The van der Waals surface area contributed by atoms with Crippen molar-refractivity contribution in [1.82, 2.24) is 4.98 Å². The smallest absolute Gasteiger partial charge is 0.412 e. The number of hydrogen-bond donors (Lipinski definition) is 1. The molecule has 4 nitrogen and oxygen atoms in total. The number of carbonyl (C=O) groups is 1. The van der Waals surface area contributed by atoms with Gasteiger partial charge in [0.25, 0.3) is 0 Å². The van der Waals surface area contributed by atoms with E-state index in [1.165, 1.54) is 0 Å². The van der Waals surface area contributed by atoms with Crippen molar-refractivity contribution in [3.63, 3.8) is 0 Å². The van der Waals surface area contributed by atoms with Crippen LogP contribution >= 0.6 is 0 Å². The van der Waals surface area contributed by atoms with Crippen LogP contribution in [0.3, 0.4) is 0 Å². The Balaban J connectivity index is 2.26. The molecular formula is C19H22N2O2. The van der Waals surface area contributed by atoms with E-state index < -0.39 is 11.7 Å². The minimum absolute atomic E-state index is 0.490. The Morgan fingerprint density at radius 1 is 1.30 bits per heavy atom. The number of allylic oxidation sites excluding steroid dienone is 1. The van der Waals surface area contributed by atoms with E-state index in [1.807, 2.05) is 63.2 Å². The van der Waals surface area contributed by atoms with Crippen LogP contribution in [0.2, 0.25) is 0 Å². The molecule has 120 valence electrons. The third-order valence-corrected chi connectivity index (χ3v) is 3.02. The summed E-state index contributed by atoms with van der Waals surface area (Å²) in [6.07, 6.45) is 3.64. The number of anilines is 1. The SMILES string of the molecule is C=CCc1cc(NC(=O)OC(C)(C)C)cnc1-c1ccccc1. The summed E-state index contributed by atoms with van der Waals surface area (Å²) < 4.78 is 5.26. The van der Waals surface area contributed by atoms with Gasteiger partial charge in [0.1, 0.15) is 5.60 Å². The maximum atomic E-state index is 11.9. The average molecular weight is 310 g/mol. The van der Waals surface area contributed by atoms with Crippen LogP contribution in [0, 0.1) is 0 Å². The van der Waals surface area contributed by atoms with E-state index in [-0.39, 0.29) is 0 Å². The molecule has 1 heterocycles. The number of carbonyl (C=O) groups excluding carboxylic acids is 1. The van der Waals surface area contributed by atoms with Crippen molar-refractivity contribution in [1.29, 1.82) is 0 Å². The highest BCUT2D eigenvalue weighted by atomic mass is 16.6. The number of ether oxygens (including phenoxy) is 1. The van der Waals surface area contributed by atoms with Crippen molar-refractivity contribution in [2.24, 2.45) is 0 Å². The molecule has 0 saturated carbocycles. The number of rotatable bonds is 4. The van der Waals surface area contributed by atoms with E-state index in [0.717, 1.165) is 16.8 Å². The average Bonchev–Trinajstić information content (AvgIpc) is 2.47. The largest absolute Gasteiger partial charge is 0.444 e. The number of benzene rings is 1. The van der Waals surface area contributed by atoms with Crippen LogP contribution in [0.4, 0.5) is 10.5 Å². The van der Waals surface area contributed by atoms with Gasteiger partial charge in [-0.05, 0) is 38.8 Å². The van der Waals surface area contributed by atoms with E-state index in [1.54, 1.807) is 6.20 Å². The Kier molecular flexibility index (Phi) is 5.16. The molecular weight excluding hydrogens is 288 g/mol. The maximum Gasteiger partial charge on any atom is 0.412 e. The molecule has 1 amide bonds. The number of nitrogens with one attached hydrogen (secondary N) is 1. The first kappa shape index (κ1) is 16.7. The first-order chi connectivity index (χ1) is 10.9. The molecule has 0 aliphatic carbocycles. The molecule has 0 radical (unpaired) electrons. The van der Waals surface area contributed by atoms with Gasteiger partial charge in [-0.2, -0.15) is 0 Å². The van der Waals surface area contributed by atoms with E-state index >= 15 is 0 Å². The predicted octanol–water partition coefficient (Wildman–Crippen LogP) is 4.82. The molecule has 0 atom stereocenters. The third-order valence-electron chi connectivity index (χ3n) is 3.02. The van der Waals surface area contributed by atoms with E-state index in [2.05, 4.69) is 16.9 Å². The zero-order valence-electron chi connectivity index (χ0n) is 13.8. The Bertz CT molecular complexity index is 688. The zero-order valence-corrected chi connectivity index (χ0v) is 13.8. The second-order valence-corrected chi connectivity index (χ2v) is 6.22. The quantitative estimate of drug-likeness (QED) is 0.823. The Hall–Kier alpha value is -2.62. The summed E-state index contributed by atoms with van der Waals surface area (Å²) in [5.41, 5.74) is 3.00. The fraction of sp³-hybridized carbons (Fsp3) is 0.263. The maximum absolute atomic E-state index is 11.9. The van der Waals surface area contributed by atoms with Gasteiger partial charge in [-0.25, -0.2) is 4.79 Å². The monoisotopic (exact) mass is 310 g/mol. The van der Waals surface area contributed by atoms with Gasteiger partial charge in [0.05, 0.1) is 17.6 Å². The first-order valence-corrected chi connectivity index (χ1v) is 7.54. The molecule has 0 fully saturated rings. The topological polar surface area (TPSA) is 51.2 Å². The molecule has 1 N–H and O–H groups in total. The lowest BCUT2D eigenvalue weighted by Gasteiger charge is -2.20. The van der Waals surface area contributed by atoms with Crippen LogP contribution in [0.25, 0.3) is 11.3 Å². The normalized spacial score (nSPS) is 10.9. The van der Waals surface area contributed by atoms with Crippen molar-refractivity contribution >= 4 is 11.8 Å². The van der Waals surface area contributed by atoms with Crippen LogP contribution in [0.5, 0.6) is 0 Å². The van der Waals surface area contributed by atoms with Crippen molar-refractivity contribution < 1.29 is 9.53 Å². The van der Waals surface area contributed by atoms with Crippen molar-refractivity contribution in [2.45, 2.75) is 32.8 Å². The van der Waals surface area contributed by atoms with Crippen molar-refractivity contribution in [3.8, 4) is 11.3 Å². The van der Waals surface area contributed by atoms with Crippen LogP contribution in [-0.4, -0.2) is 16.7 Å². The van der Waals surface area contributed by atoms with Gasteiger partial charge in [0.2, 0.25) is 0 Å². The van der Waals surface area contributed by atoms with Gasteiger partial charge in [0.15, 0.2) is 0 Å². The Morgan fingerprint density at radius 3 is 2.61 bits per heavy atom. The molecule has 0 saturated heterocycles. The second kappa shape index (κ2) is 7.09. The lowest BCUT2D eigenvalue weighted by molar-refractivity contribution is 0.0636. The lowest BCUT2D eigenvalue weighted by atomic mass is 10.0. The van der Waals surface area contributed by atoms with Crippen LogP contribution in [0.1, 0.15) is 26.3 Å². The highest BCUT2D eigenvalue weighted by molar-refractivity contribution is 5.85. The standard InChI is InChI=1S/C19H22N2O2/c1-5-9-15-12-16(21-18(22)23-19(2,3)4)13-20-17(15)14-10-7-6-8-11-14/h5-8,10-13H,1,9H2,2-4H3,(H,21,22). The van der Waals surface area contributed by atoms with Crippen LogP contribution in [0.15, 0.2) is 55.3 Å². The molecule has 0 bridgehead atoms. The molecule has 0 unspecified atom stereocenters. The summed E-state index contributed by atoms with van der Waals surface area (Å²) in [5, 5.41) is 2.72. The second-order valence-electron chi connectivity index (χ2n) is 6.22. The summed E-state index contributed by atoms with van der Waals surface area (Å²) in [7, 11) is 0. The zero-order chi connectivity index (χ0) is 16.9. The lowest BCUT2D eigenvalue weighted by Crippen LogP contribution is -2.27. The molecule has 2 rings (SSSR count). The highest BCUT2D eigenvalue weighted by Gasteiger charge is 2.17. The molecule has 0 aliphatic heterocycles. The third kappa shape index (κ3) is 4.95. The highest BCUT2D eigenvalue weighted by Crippen LogP contribution is 2.24. The van der Waals surface area contributed by atoms with Gasteiger partial charge in [-0.3, -0.25) is 10.3 Å². The summed E-state index contributed by atoms with van der Waals surface area (Å²) in [6, 6.07) is 11.8. The summed E-state index contributed by atoms with van der Waals surface area (Å²) in [6.45, 7) is 9.27. The minimum atomic E-state index is -0.536. The predicted molar refractivity (Wildman–Crippen MR) is 93.4 cm³/mol. The van der Waals surface area contributed by atoms with Crippen LogP contribution in [-0.2, 0) is 11.2 Å². The van der Waals surface area contributed by atoms with Gasteiger partial charge in [-0.1, -0.05) is 36.4 Å². The number of amides is 1. The molecule has 0 aliphatic rings. The van der Waals surface area contributed by atoms with Crippen LogP contribution < -0.4 is 5.32 Å². The van der Waals surface area contributed by atoms with E-state index in [9.17, 15) is 4.79 Å². The van der Waals surface area contributed by atoms with E-state index in [0.29, 0.717) is 12.1 Å². The Morgan fingerprint density at radius 2 is 2.00 bits per heavy atom. The fourth-order valence-corrected chi connectivity index (χ4v) is 2.17. The van der Waals surface area contributed by atoms with Gasteiger partial charge < -0.3 is 4.74 Å². The molecule has 1 aromatic carbocycles. The van der Waals surface area contributed by atoms with Gasteiger partial charge in [0, 0.05) is 5.56 Å². The van der Waals surface area contributed by atoms with Crippen molar-refractivity contribution in [3.05, 3.63) is 60.8 Å². The summed E-state index contributed by atoms with van der Waals surface area (Å²) >= 11 is 0. The molecule has 23 heavy (non-hydrogen) atoms. The molecule has 0 spiro atoms. The number of nitrogens with zero attached hydrogens (tertiary/aromatic N) is 1. The molecule has 1 aromatic heterocycles. The molecule has 2 aromatic rings. The van der Waals surface area contributed by atoms with Gasteiger partial charge in [-0.15, -0.1) is 6.58 Å². The molecule has 4 heteroatoms.